The molecule has 4 heteroatoms. The van der Waals surface area contributed by atoms with Gasteiger partial charge in [0.15, 0.2) is 0 Å². The maximum absolute atomic E-state index is 3.91. The zero-order valence-electron chi connectivity index (χ0n) is 15.9. The Morgan fingerprint density at radius 1 is 1.12 bits per heavy atom. The lowest BCUT2D eigenvalue weighted by Crippen LogP contribution is -2.78. The van der Waals surface area contributed by atoms with Crippen LogP contribution < -0.4 is 9.88 Å². The van der Waals surface area contributed by atoms with Crippen LogP contribution in [0.3, 0.4) is 0 Å². The van der Waals surface area contributed by atoms with Gasteiger partial charge in [0.05, 0.1) is 25.8 Å². The smallest absolute Gasteiger partial charge is 0.243 e. The minimum Gasteiger partial charge on any atom is -0.350 e. The zero-order chi connectivity index (χ0) is 17.5. The van der Waals surface area contributed by atoms with Gasteiger partial charge in [-0.25, -0.2) is 9.13 Å². The third kappa shape index (κ3) is 9.56. The van der Waals surface area contributed by atoms with Gasteiger partial charge >= 0.3 is 0 Å². The summed E-state index contributed by atoms with van der Waals surface area (Å²) in [6, 6.07) is 0. The van der Waals surface area contributed by atoms with E-state index in [0.717, 1.165) is 26.1 Å². The van der Waals surface area contributed by atoms with Crippen LogP contribution in [0.2, 0.25) is 0 Å². The highest BCUT2D eigenvalue weighted by molar-refractivity contribution is 4.82. The number of rotatable bonds is 15. The summed E-state index contributed by atoms with van der Waals surface area (Å²) in [7, 11) is 0. The summed E-state index contributed by atoms with van der Waals surface area (Å²) in [5, 5.41) is 2.26. The second kappa shape index (κ2) is 13.8. The quantitative estimate of drug-likeness (QED) is 0.388. The Morgan fingerprint density at radius 3 is 2.67 bits per heavy atom. The van der Waals surface area contributed by atoms with E-state index in [0.29, 0.717) is 0 Å². The summed E-state index contributed by atoms with van der Waals surface area (Å²) >= 11 is 0. The number of quaternary nitrogens is 1. The van der Waals surface area contributed by atoms with Crippen molar-refractivity contribution in [1.29, 1.82) is 0 Å². The van der Waals surface area contributed by atoms with E-state index < -0.39 is 0 Å². The van der Waals surface area contributed by atoms with Crippen LogP contribution in [0, 0.1) is 0 Å². The Labute approximate surface area is 148 Å². The topological polar surface area (TPSA) is 28.7 Å². The van der Waals surface area contributed by atoms with E-state index in [9.17, 15) is 0 Å². The standard InChI is InChI=1S/C20H37N4/c1-4-7-9-12-21-13-17-22(6-3)15-11-16-24-19-18-23(20-24)14-10-8-5-2/h6,13,17-21H,3-5,7-12,14-16H2,1-2H3/q+1/p+1/b17-13-. The largest absolute Gasteiger partial charge is 0.350 e. The molecule has 0 fully saturated rings. The predicted molar refractivity (Wildman–Crippen MR) is 101 cm³/mol. The number of aryl methyl sites for hydroxylation is 2. The molecular formula is C20H38N4+2. The van der Waals surface area contributed by atoms with Crippen molar-refractivity contribution < 1.29 is 9.88 Å². The average Bonchev–Trinajstić information content (AvgIpc) is 3.04. The number of nitrogens with zero attached hydrogens (tertiary/aromatic N) is 3. The molecular weight excluding hydrogens is 296 g/mol. The van der Waals surface area contributed by atoms with E-state index in [2.05, 4.69) is 70.9 Å². The lowest BCUT2D eigenvalue weighted by atomic mass is 10.2. The average molecular weight is 335 g/mol. The number of imidazole rings is 1. The van der Waals surface area contributed by atoms with Crippen LogP contribution >= 0.6 is 0 Å². The van der Waals surface area contributed by atoms with E-state index in [1.807, 2.05) is 6.20 Å². The van der Waals surface area contributed by atoms with Crippen LogP contribution in [-0.2, 0) is 13.1 Å². The van der Waals surface area contributed by atoms with Crippen molar-refractivity contribution in [2.24, 2.45) is 0 Å². The molecule has 136 valence electrons. The van der Waals surface area contributed by atoms with Crippen LogP contribution in [-0.4, -0.2) is 22.6 Å². The molecule has 0 aromatic carbocycles. The van der Waals surface area contributed by atoms with Crippen LogP contribution in [0.25, 0.3) is 0 Å². The van der Waals surface area contributed by atoms with Crippen molar-refractivity contribution in [2.45, 2.75) is 71.9 Å². The molecule has 0 unspecified atom stereocenters. The number of aromatic nitrogens is 2. The molecule has 0 amide bonds. The fourth-order valence-corrected chi connectivity index (χ4v) is 2.69. The second-order valence-electron chi connectivity index (χ2n) is 6.44. The van der Waals surface area contributed by atoms with Gasteiger partial charge in [0.25, 0.3) is 0 Å². The number of hydrogen-bond acceptors (Lipinski definition) is 1. The van der Waals surface area contributed by atoms with Gasteiger partial charge in [-0.1, -0.05) is 33.3 Å². The monoisotopic (exact) mass is 334 g/mol. The van der Waals surface area contributed by atoms with E-state index in [1.54, 1.807) is 0 Å². The van der Waals surface area contributed by atoms with Gasteiger partial charge in [-0.2, -0.15) is 0 Å². The molecule has 1 aromatic rings. The maximum atomic E-state index is 3.91. The summed E-state index contributed by atoms with van der Waals surface area (Å²) in [5.41, 5.74) is 0. The normalized spacial score (nSPS) is 11.2. The molecule has 0 saturated heterocycles. The van der Waals surface area contributed by atoms with Gasteiger partial charge < -0.3 is 10.2 Å². The molecule has 1 rings (SSSR count). The molecule has 0 spiro atoms. The van der Waals surface area contributed by atoms with Crippen LogP contribution in [0.4, 0.5) is 0 Å². The Balaban J connectivity index is 2.19. The van der Waals surface area contributed by atoms with Gasteiger partial charge in [-0.15, -0.1) is 0 Å². The summed E-state index contributed by atoms with van der Waals surface area (Å²) < 4.78 is 4.58. The summed E-state index contributed by atoms with van der Waals surface area (Å²) in [6.45, 7) is 12.8. The number of unbranched alkanes of at least 4 members (excludes halogenated alkanes) is 4. The van der Waals surface area contributed by atoms with E-state index >= 15 is 0 Å². The molecule has 0 bridgehead atoms. The molecule has 24 heavy (non-hydrogen) atoms. The van der Waals surface area contributed by atoms with Gasteiger partial charge in [0, 0.05) is 13.0 Å². The first kappa shape index (κ1) is 20.5. The molecule has 4 nitrogen and oxygen atoms in total. The van der Waals surface area contributed by atoms with Crippen molar-refractivity contribution in [3.05, 3.63) is 43.9 Å². The molecule has 0 aliphatic heterocycles. The highest BCUT2D eigenvalue weighted by Gasteiger charge is 2.04. The Hall–Kier alpha value is -1.55. The fraction of sp³-hybridized carbons (Fsp3) is 0.650. The lowest BCUT2D eigenvalue weighted by molar-refractivity contribution is -0.696. The third-order valence-electron chi connectivity index (χ3n) is 4.22. The van der Waals surface area contributed by atoms with Gasteiger partial charge in [-0.05, 0) is 31.9 Å². The van der Waals surface area contributed by atoms with Crippen molar-refractivity contribution >= 4 is 0 Å². The highest BCUT2D eigenvalue weighted by Crippen LogP contribution is 1.98. The molecule has 0 saturated carbocycles. The molecule has 0 aliphatic rings. The molecule has 0 atom stereocenters. The van der Waals surface area contributed by atoms with E-state index in [1.165, 1.54) is 45.1 Å². The summed E-state index contributed by atoms with van der Waals surface area (Å²) in [4.78, 5) is 2.18. The van der Waals surface area contributed by atoms with Gasteiger partial charge in [0.1, 0.15) is 18.6 Å². The third-order valence-corrected chi connectivity index (χ3v) is 4.22. The first-order valence-electron chi connectivity index (χ1n) is 9.73. The first-order chi connectivity index (χ1) is 11.8. The highest BCUT2D eigenvalue weighted by atomic mass is 15.1. The van der Waals surface area contributed by atoms with Crippen LogP contribution in [0.1, 0.15) is 58.8 Å². The first-order valence-corrected chi connectivity index (χ1v) is 9.73. The molecule has 2 N–H and O–H groups in total. The van der Waals surface area contributed by atoms with Crippen molar-refractivity contribution in [3.8, 4) is 0 Å². The molecule has 0 radical (unpaired) electrons. The Bertz CT molecular complexity index is 450. The zero-order valence-corrected chi connectivity index (χ0v) is 15.9. The maximum Gasteiger partial charge on any atom is 0.243 e. The SMILES string of the molecule is C=CN(/C=C\[NH2+]CCCCC)CCC[n+]1ccn(CCCCC)c1. The second-order valence-corrected chi connectivity index (χ2v) is 6.44. The predicted octanol–water partition coefficient (Wildman–Crippen LogP) is 3.03. The molecule has 0 aliphatic carbocycles. The molecule has 1 aromatic heterocycles. The van der Waals surface area contributed by atoms with Crippen molar-refractivity contribution in [1.82, 2.24) is 9.47 Å². The van der Waals surface area contributed by atoms with Crippen molar-refractivity contribution in [3.63, 3.8) is 0 Å². The van der Waals surface area contributed by atoms with Crippen LogP contribution in [0.5, 0.6) is 0 Å². The van der Waals surface area contributed by atoms with Crippen molar-refractivity contribution in [2.75, 3.05) is 13.1 Å². The van der Waals surface area contributed by atoms with E-state index in [-0.39, 0.29) is 0 Å². The Morgan fingerprint density at radius 2 is 1.92 bits per heavy atom. The van der Waals surface area contributed by atoms with E-state index in [4.69, 9.17) is 0 Å². The number of nitrogens with two attached hydrogens (primary N) is 1. The number of hydrogen-bond donors (Lipinski definition) is 1. The lowest BCUT2D eigenvalue weighted by Gasteiger charge is -2.12. The minimum atomic E-state index is 1.01. The fourth-order valence-electron chi connectivity index (χ4n) is 2.69. The summed E-state index contributed by atoms with van der Waals surface area (Å²) in [6.07, 6.45) is 21.7. The van der Waals surface area contributed by atoms with Gasteiger partial charge in [0.2, 0.25) is 6.33 Å². The Kier molecular flexibility index (Phi) is 11.8. The molecule has 1 heterocycles. The van der Waals surface area contributed by atoms with Gasteiger partial charge in [-0.3, -0.25) is 0 Å². The van der Waals surface area contributed by atoms with Crippen LogP contribution in [0.15, 0.2) is 43.9 Å². The summed E-state index contributed by atoms with van der Waals surface area (Å²) in [5.74, 6) is 0. The minimum absolute atomic E-state index is 1.01.